The Bertz CT molecular complexity index is 1990. The van der Waals surface area contributed by atoms with Gasteiger partial charge in [0.05, 0.1) is 19.8 Å². The molecule has 4 aromatic rings. The highest BCUT2D eigenvalue weighted by Gasteiger charge is 2.35. The molecule has 0 spiro atoms. The van der Waals surface area contributed by atoms with Gasteiger partial charge in [-0.05, 0) is 127 Å². The van der Waals surface area contributed by atoms with Gasteiger partial charge in [-0.15, -0.1) is 0 Å². The molecule has 5 rings (SSSR count). The van der Waals surface area contributed by atoms with Crippen molar-refractivity contribution in [3.05, 3.63) is 173 Å². The first kappa shape index (κ1) is 38.4. The van der Waals surface area contributed by atoms with Crippen LogP contribution in [0, 0.1) is 7.14 Å². The predicted molar refractivity (Wildman–Crippen MR) is 226 cm³/mol. The molecule has 3 amide bonds. The molecule has 0 aliphatic carbocycles. The molecule has 0 fully saturated rings. The van der Waals surface area contributed by atoms with E-state index in [0.717, 1.165) is 35.6 Å². The summed E-state index contributed by atoms with van der Waals surface area (Å²) in [6.07, 6.45) is 8.25. The molecule has 0 saturated heterocycles. The number of carbonyl (C=O) groups excluding carboxylic acids is 3. The Hall–Kier alpha value is -3.79. The number of ether oxygens (including phenoxy) is 1. The summed E-state index contributed by atoms with van der Waals surface area (Å²) in [7, 11) is 0. The highest BCUT2D eigenvalue weighted by Crippen LogP contribution is 2.34. The van der Waals surface area contributed by atoms with E-state index in [1.807, 2.05) is 91.0 Å². The lowest BCUT2D eigenvalue weighted by molar-refractivity contribution is -0.126. The van der Waals surface area contributed by atoms with Gasteiger partial charge in [0, 0.05) is 9.27 Å². The van der Waals surface area contributed by atoms with Crippen LogP contribution < -0.4 is 10.1 Å². The Morgan fingerprint density at radius 2 is 1.65 bits per heavy atom. The molecule has 0 aromatic heterocycles. The maximum Gasteiger partial charge on any atom is 0.285 e. The van der Waals surface area contributed by atoms with Gasteiger partial charge in [-0.1, -0.05) is 109 Å². The minimum absolute atomic E-state index is 0.0813. The van der Waals surface area contributed by atoms with Gasteiger partial charge in [0.2, 0.25) is 5.91 Å². The number of carbonyl (C=O) groups is 3. The average Bonchev–Trinajstić information content (AvgIpc) is 3.13. The Morgan fingerprint density at radius 3 is 2.24 bits per heavy atom. The lowest BCUT2D eigenvalue weighted by atomic mass is 9.99. The second-order valence-corrected chi connectivity index (χ2v) is 15.3. The van der Waals surface area contributed by atoms with Crippen molar-refractivity contribution < 1.29 is 19.1 Å². The van der Waals surface area contributed by atoms with E-state index in [2.05, 4.69) is 78.0 Å². The summed E-state index contributed by atoms with van der Waals surface area (Å²) >= 11 is 9.06. The molecule has 0 radical (unpaired) electrons. The molecule has 258 valence electrons. The molecule has 51 heavy (non-hydrogen) atoms. The Morgan fingerprint density at radius 1 is 1.00 bits per heavy atom. The van der Waals surface area contributed by atoms with E-state index in [9.17, 15) is 14.4 Å². The molecule has 0 atom stereocenters. The Kier molecular flexibility index (Phi) is 14.0. The zero-order valence-electron chi connectivity index (χ0n) is 27.4. The lowest BCUT2D eigenvalue weighted by Gasteiger charge is -2.28. The first-order valence-electron chi connectivity index (χ1n) is 15.7. The van der Waals surface area contributed by atoms with Crippen LogP contribution in [0.25, 0.3) is 6.08 Å². The van der Waals surface area contributed by atoms with E-state index in [0.29, 0.717) is 28.1 Å². The van der Waals surface area contributed by atoms with E-state index in [4.69, 9.17) is 4.74 Å². The summed E-state index contributed by atoms with van der Waals surface area (Å²) in [5.74, 6) is -0.965. The van der Waals surface area contributed by atoms with Crippen molar-refractivity contribution >= 4 is 102 Å². The first-order valence-corrected chi connectivity index (χ1v) is 19.6. The normalized spacial score (nSPS) is 14.3. The summed E-state index contributed by atoms with van der Waals surface area (Å²) in [5, 5.41) is 3.21. The molecule has 4 aromatic carbocycles. The quantitative estimate of drug-likeness (QED) is 0.0662. The minimum atomic E-state index is -0.695. The third kappa shape index (κ3) is 10.2. The molecule has 7 nitrogen and oxygen atoms in total. The maximum atomic E-state index is 14.1. The van der Waals surface area contributed by atoms with Gasteiger partial charge in [-0.3, -0.25) is 19.3 Å². The zero-order chi connectivity index (χ0) is 36.3. The number of hydrogen-bond donors (Lipinski definition) is 1. The van der Waals surface area contributed by atoms with Crippen molar-refractivity contribution in [1.29, 1.82) is 0 Å². The van der Waals surface area contributed by atoms with Gasteiger partial charge in [0.15, 0.2) is 5.17 Å². The number of allylic oxidation sites excluding steroid dienone is 4. The highest BCUT2D eigenvalue weighted by atomic mass is 127. The topological polar surface area (TPSA) is 88.1 Å². The van der Waals surface area contributed by atoms with Crippen molar-refractivity contribution in [3.8, 4) is 5.75 Å². The molecule has 1 aliphatic heterocycles. The number of nitrogens with one attached hydrogen (secondary N) is 1. The molecule has 0 unspecified atom stereocenters. The van der Waals surface area contributed by atoms with Crippen molar-refractivity contribution in [1.82, 2.24) is 10.2 Å². The first-order chi connectivity index (χ1) is 24.7. The summed E-state index contributed by atoms with van der Waals surface area (Å²) in [4.78, 5) is 46.7. The zero-order valence-corrected chi connectivity index (χ0v) is 34.1. The summed E-state index contributed by atoms with van der Waals surface area (Å²) in [6, 6.07) is 30.7. The van der Waals surface area contributed by atoms with Gasteiger partial charge < -0.3 is 10.1 Å². The third-order valence-electron chi connectivity index (χ3n) is 7.54. The average molecular weight is 984 g/mol. The number of aliphatic imine (C=N–C) groups is 1. The molecule has 1 aliphatic rings. The number of hydrogen-bond acceptors (Lipinski definition) is 5. The van der Waals surface area contributed by atoms with Gasteiger partial charge in [0.1, 0.15) is 17.9 Å². The van der Waals surface area contributed by atoms with Crippen LogP contribution >= 0.6 is 72.9 Å². The van der Waals surface area contributed by atoms with Crippen molar-refractivity contribution in [3.63, 3.8) is 0 Å². The maximum absolute atomic E-state index is 14.1. The minimum Gasteiger partial charge on any atom is -0.487 e. The molecule has 11 heteroatoms. The fraction of sp³-hybridized carbons (Fsp3) is 0.100. The number of benzene rings is 4. The van der Waals surface area contributed by atoms with E-state index < -0.39 is 11.8 Å². The van der Waals surface area contributed by atoms with Crippen LogP contribution in [0.3, 0.4) is 0 Å². The van der Waals surface area contributed by atoms with Gasteiger partial charge in [0.25, 0.3) is 11.8 Å². The van der Waals surface area contributed by atoms with Crippen LogP contribution in [-0.4, -0.2) is 33.5 Å². The standard InChI is InChI=1S/C40H32BrI2N3O4S/c1-3-5-16-31(4-2)46-39(49)32(21-27-22-33(41)37(34(43)23-27)50-24-26-17-19-30(42)20-18-26)38(48)45-40(46)51-25-35(47)44-36(28-12-8-6-9-13-28)29-14-10-7-11-15-29/h3-23,36H,1,24-25H2,2H3,(H,44,47)/b16-5-,31-4+,32-21+. The van der Waals surface area contributed by atoms with Crippen molar-refractivity contribution in [2.24, 2.45) is 4.99 Å². The monoisotopic (exact) mass is 983 g/mol. The van der Waals surface area contributed by atoms with Crippen LogP contribution in [-0.2, 0) is 21.0 Å². The fourth-order valence-corrected chi connectivity index (χ4v) is 8.03. The Balaban J connectivity index is 1.39. The van der Waals surface area contributed by atoms with Gasteiger partial charge in [-0.2, -0.15) is 4.99 Å². The van der Waals surface area contributed by atoms with Crippen molar-refractivity contribution in [2.45, 2.75) is 19.6 Å². The van der Waals surface area contributed by atoms with E-state index in [1.165, 1.54) is 11.0 Å². The smallest absolute Gasteiger partial charge is 0.285 e. The predicted octanol–water partition coefficient (Wildman–Crippen LogP) is 9.63. The van der Waals surface area contributed by atoms with Crippen LogP contribution in [0.1, 0.15) is 35.2 Å². The number of thioether (sulfide) groups is 1. The van der Waals surface area contributed by atoms with E-state index >= 15 is 0 Å². The molecule has 1 heterocycles. The summed E-state index contributed by atoms with van der Waals surface area (Å²) in [6.45, 7) is 5.91. The summed E-state index contributed by atoms with van der Waals surface area (Å²) in [5.41, 5.74) is 3.87. The van der Waals surface area contributed by atoms with Crippen molar-refractivity contribution in [2.75, 3.05) is 5.75 Å². The number of nitrogens with zero attached hydrogens (tertiary/aromatic N) is 2. The SMILES string of the molecule is C=C/C=C\C(=C/C)N1C(=O)/C(=C/c2cc(Br)c(OCc3ccc(I)cc3)c(I)c2)C(=O)N=C1SCC(=O)NC(c1ccccc1)c1ccccc1. The third-order valence-corrected chi connectivity index (χ3v) is 10.6. The molecular formula is C40H32BrI2N3O4S. The molecular weight excluding hydrogens is 952 g/mol. The Labute approximate surface area is 337 Å². The summed E-state index contributed by atoms with van der Waals surface area (Å²) < 4.78 is 8.73. The van der Waals surface area contributed by atoms with Gasteiger partial charge >= 0.3 is 0 Å². The number of halogens is 3. The molecule has 1 N–H and O–H groups in total. The molecule has 0 bridgehead atoms. The number of rotatable bonds is 12. The van der Waals surface area contributed by atoms with E-state index in [-0.39, 0.29) is 28.4 Å². The highest BCUT2D eigenvalue weighted by molar-refractivity contribution is 14.1. The largest absolute Gasteiger partial charge is 0.487 e. The van der Waals surface area contributed by atoms with Gasteiger partial charge in [-0.25, -0.2) is 0 Å². The fourth-order valence-electron chi connectivity index (χ4n) is 5.10. The van der Waals surface area contributed by atoms with Crippen LogP contribution in [0.4, 0.5) is 0 Å². The second kappa shape index (κ2) is 18.6. The van der Waals surface area contributed by atoms with E-state index in [1.54, 1.807) is 37.3 Å². The lowest BCUT2D eigenvalue weighted by Crippen LogP contribution is -2.42. The van der Waals surface area contributed by atoms with Crippen LogP contribution in [0.2, 0.25) is 0 Å². The number of amidine groups is 1. The van der Waals surface area contributed by atoms with Crippen LogP contribution in [0.15, 0.2) is 149 Å². The second-order valence-electron chi connectivity index (χ2n) is 11.0. The number of amides is 3. The molecule has 0 saturated carbocycles. The van der Waals surface area contributed by atoms with Crippen LogP contribution in [0.5, 0.6) is 5.75 Å².